The van der Waals surface area contributed by atoms with Crippen molar-refractivity contribution in [3.63, 3.8) is 0 Å². The van der Waals surface area contributed by atoms with Gasteiger partial charge in [-0.1, -0.05) is 41.4 Å². The molecular formula is C20H23Cl2N3O2. The highest BCUT2D eigenvalue weighted by atomic mass is 35.5. The van der Waals surface area contributed by atoms with E-state index < -0.39 is 6.04 Å². The Kier molecular flexibility index (Phi) is 7.25. The van der Waals surface area contributed by atoms with Crippen LogP contribution in [0.15, 0.2) is 36.4 Å². The Morgan fingerprint density at radius 1 is 1.07 bits per heavy atom. The maximum Gasteiger partial charge on any atom is 0.241 e. The number of rotatable bonds is 6. The van der Waals surface area contributed by atoms with Crippen molar-refractivity contribution < 1.29 is 9.59 Å². The molecule has 0 aliphatic carbocycles. The van der Waals surface area contributed by atoms with E-state index in [9.17, 15) is 9.59 Å². The molecule has 1 unspecified atom stereocenters. The first kappa shape index (κ1) is 21.2. The van der Waals surface area contributed by atoms with E-state index in [2.05, 4.69) is 10.6 Å². The first-order chi connectivity index (χ1) is 12.7. The second-order valence-corrected chi connectivity index (χ2v) is 7.36. The number of likely N-dealkylation sites (N-methyl/N-ethyl adjacent to an activating group) is 1. The first-order valence-electron chi connectivity index (χ1n) is 8.51. The number of anilines is 2. The Morgan fingerprint density at radius 2 is 1.70 bits per heavy atom. The molecule has 2 rings (SSSR count). The van der Waals surface area contributed by atoms with Crippen LogP contribution in [0, 0.1) is 13.8 Å². The van der Waals surface area contributed by atoms with Crippen molar-refractivity contribution in [1.82, 2.24) is 4.90 Å². The Bertz CT molecular complexity index is 835. The van der Waals surface area contributed by atoms with Crippen LogP contribution in [0.2, 0.25) is 10.0 Å². The molecule has 2 amide bonds. The van der Waals surface area contributed by atoms with Gasteiger partial charge in [-0.25, -0.2) is 0 Å². The standard InChI is InChI=1S/C20H23Cl2N3O2/c1-12-6-5-7-13(2)19(12)24-18(26)11-25(4)14(3)20(27)23-17-9-8-15(21)10-16(17)22/h5-10,14H,11H2,1-4H3,(H,23,27)(H,24,26). The van der Waals surface area contributed by atoms with E-state index in [0.717, 1.165) is 16.8 Å². The van der Waals surface area contributed by atoms with Gasteiger partial charge in [0.2, 0.25) is 11.8 Å². The molecule has 0 saturated heterocycles. The highest BCUT2D eigenvalue weighted by Gasteiger charge is 2.21. The Labute approximate surface area is 169 Å². The van der Waals surface area contributed by atoms with Gasteiger partial charge in [0.15, 0.2) is 0 Å². The highest BCUT2D eigenvalue weighted by Crippen LogP contribution is 2.25. The van der Waals surface area contributed by atoms with Crippen LogP contribution in [0.4, 0.5) is 11.4 Å². The average Bonchev–Trinajstić information content (AvgIpc) is 2.60. The van der Waals surface area contributed by atoms with E-state index in [0.29, 0.717) is 15.7 Å². The van der Waals surface area contributed by atoms with E-state index in [1.165, 1.54) is 0 Å². The average molecular weight is 408 g/mol. The molecule has 0 fully saturated rings. The van der Waals surface area contributed by atoms with Crippen molar-refractivity contribution in [2.45, 2.75) is 26.8 Å². The molecule has 27 heavy (non-hydrogen) atoms. The summed E-state index contributed by atoms with van der Waals surface area (Å²) >= 11 is 11.9. The lowest BCUT2D eigenvalue weighted by Gasteiger charge is -2.24. The molecule has 2 aromatic carbocycles. The number of nitrogens with one attached hydrogen (secondary N) is 2. The molecule has 7 heteroatoms. The summed E-state index contributed by atoms with van der Waals surface area (Å²) in [7, 11) is 1.72. The van der Waals surface area contributed by atoms with Gasteiger partial charge in [0.25, 0.3) is 0 Å². The lowest BCUT2D eigenvalue weighted by molar-refractivity contribution is -0.122. The second kappa shape index (κ2) is 9.22. The molecule has 2 N–H and O–H groups in total. The van der Waals surface area contributed by atoms with Crippen LogP contribution in [0.5, 0.6) is 0 Å². The molecular weight excluding hydrogens is 385 g/mol. The van der Waals surface area contributed by atoms with Gasteiger partial charge in [0.05, 0.1) is 23.3 Å². The van der Waals surface area contributed by atoms with Gasteiger partial charge in [-0.2, -0.15) is 0 Å². The molecule has 1 atom stereocenters. The predicted octanol–water partition coefficient (Wildman–Crippen LogP) is 4.51. The summed E-state index contributed by atoms with van der Waals surface area (Å²) in [5.74, 6) is -0.444. The fourth-order valence-corrected chi connectivity index (χ4v) is 3.04. The minimum atomic E-state index is -0.527. The normalized spacial score (nSPS) is 12.0. The fourth-order valence-electron chi connectivity index (χ4n) is 2.58. The molecule has 144 valence electrons. The summed E-state index contributed by atoms with van der Waals surface area (Å²) in [6, 6.07) is 10.2. The first-order valence-corrected chi connectivity index (χ1v) is 9.27. The van der Waals surface area contributed by atoms with Gasteiger partial charge >= 0.3 is 0 Å². The van der Waals surface area contributed by atoms with E-state index >= 15 is 0 Å². The smallest absolute Gasteiger partial charge is 0.241 e. The Balaban J connectivity index is 1.96. The Morgan fingerprint density at radius 3 is 2.30 bits per heavy atom. The summed E-state index contributed by atoms with van der Waals surface area (Å²) in [6.45, 7) is 5.69. The summed E-state index contributed by atoms with van der Waals surface area (Å²) in [5.41, 5.74) is 3.27. The van der Waals surface area contributed by atoms with E-state index in [4.69, 9.17) is 23.2 Å². The molecule has 0 aliphatic heterocycles. The van der Waals surface area contributed by atoms with Crippen molar-refractivity contribution in [1.29, 1.82) is 0 Å². The zero-order chi connectivity index (χ0) is 20.1. The van der Waals surface area contributed by atoms with Gasteiger partial charge in [-0.3, -0.25) is 14.5 Å². The monoisotopic (exact) mass is 407 g/mol. The summed E-state index contributed by atoms with van der Waals surface area (Å²) < 4.78 is 0. The van der Waals surface area contributed by atoms with E-state index in [1.807, 2.05) is 32.0 Å². The third-order valence-corrected chi connectivity index (χ3v) is 4.92. The summed E-state index contributed by atoms with van der Waals surface area (Å²) in [6.07, 6.45) is 0. The molecule has 0 saturated carbocycles. The summed E-state index contributed by atoms with van der Waals surface area (Å²) in [5, 5.41) is 6.53. The van der Waals surface area contributed by atoms with E-state index in [-0.39, 0.29) is 18.4 Å². The molecule has 0 spiro atoms. The molecule has 0 aromatic heterocycles. The van der Waals surface area contributed by atoms with Gasteiger partial charge < -0.3 is 10.6 Å². The van der Waals surface area contributed by atoms with Crippen molar-refractivity contribution in [3.8, 4) is 0 Å². The maximum absolute atomic E-state index is 12.5. The van der Waals surface area contributed by atoms with Crippen molar-refractivity contribution >= 4 is 46.4 Å². The fraction of sp³-hybridized carbons (Fsp3) is 0.300. The quantitative estimate of drug-likeness (QED) is 0.740. The number of hydrogen-bond acceptors (Lipinski definition) is 3. The van der Waals surface area contributed by atoms with Crippen LogP contribution < -0.4 is 10.6 Å². The molecule has 5 nitrogen and oxygen atoms in total. The number of hydrogen-bond donors (Lipinski definition) is 2. The topological polar surface area (TPSA) is 61.4 Å². The number of nitrogens with zero attached hydrogens (tertiary/aromatic N) is 1. The number of para-hydroxylation sites is 1. The van der Waals surface area contributed by atoms with Crippen molar-refractivity contribution in [2.75, 3.05) is 24.2 Å². The lowest BCUT2D eigenvalue weighted by atomic mass is 10.1. The largest absolute Gasteiger partial charge is 0.324 e. The molecule has 0 heterocycles. The van der Waals surface area contributed by atoms with Crippen LogP contribution in [-0.4, -0.2) is 36.3 Å². The molecule has 2 aromatic rings. The molecule has 0 radical (unpaired) electrons. The zero-order valence-electron chi connectivity index (χ0n) is 15.8. The highest BCUT2D eigenvalue weighted by molar-refractivity contribution is 6.36. The third-order valence-electron chi connectivity index (χ3n) is 4.37. The number of aryl methyl sites for hydroxylation is 2. The molecule has 0 bridgehead atoms. The van der Waals surface area contributed by atoms with Gasteiger partial charge in [0.1, 0.15) is 0 Å². The maximum atomic E-state index is 12.5. The van der Waals surface area contributed by atoms with Crippen molar-refractivity contribution in [3.05, 3.63) is 57.6 Å². The predicted molar refractivity (Wildman–Crippen MR) is 112 cm³/mol. The van der Waals surface area contributed by atoms with Gasteiger partial charge in [-0.05, 0) is 57.1 Å². The van der Waals surface area contributed by atoms with E-state index in [1.54, 1.807) is 37.1 Å². The van der Waals surface area contributed by atoms with Crippen molar-refractivity contribution in [2.24, 2.45) is 0 Å². The SMILES string of the molecule is Cc1cccc(C)c1NC(=O)CN(C)C(C)C(=O)Nc1ccc(Cl)cc1Cl. The van der Waals surface area contributed by atoms with Crippen LogP contribution in [0.25, 0.3) is 0 Å². The second-order valence-electron chi connectivity index (χ2n) is 6.52. The van der Waals surface area contributed by atoms with Crippen LogP contribution >= 0.6 is 23.2 Å². The number of halogens is 2. The van der Waals surface area contributed by atoms with Crippen LogP contribution in [0.3, 0.4) is 0 Å². The lowest BCUT2D eigenvalue weighted by Crippen LogP contribution is -2.43. The number of carbonyl (C=O) groups excluding carboxylic acids is 2. The summed E-state index contributed by atoms with van der Waals surface area (Å²) in [4.78, 5) is 26.5. The molecule has 0 aliphatic rings. The van der Waals surface area contributed by atoms with Gasteiger partial charge in [-0.15, -0.1) is 0 Å². The zero-order valence-corrected chi connectivity index (χ0v) is 17.3. The van der Waals surface area contributed by atoms with Gasteiger partial charge in [0, 0.05) is 10.7 Å². The van der Waals surface area contributed by atoms with Crippen LogP contribution in [-0.2, 0) is 9.59 Å². The Hall–Kier alpha value is -2.08. The third kappa shape index (κ3) is 5.70. The minimum absolute atomic E-state index is 0.0801. The number of amides is 2. The number of benzene rings is 2. The van der Waals surface area contributed by atoms with Crippen LogP contribution in [0.1, 0.15) is 18.1 Å². The minimum Gasteiger partial charge on any atom is -0.324 e. The number of carbonyl (C=O) groups is 2.